The second kappa shape index (κ2) is 9.15. The molecule has 31 heavy (non-hydrogen) atoms. The van der Waals surface area contributed by atoms with Crippen molar-refractivity contribution in [2.75, 3.05) is 18.4 Å². The topological polar surface area (TPSA) is 86.7 Å². The van der Waals surface area contributed by atoms with Crippen LogP contribution in [0.15, 0.2) is 35.2 Å². The van der Waals surface area contributed by atoms with E-state index in [2.05, 4.69) is 5.32 Å². The van der Waals surface area contributed by atoms with Gasteiger partial charge in [0, 0.05) is 36.5 Å². The highest BCUT2D eigenvalue weighted by atomic mass is 35.5. The van der Waals surface area contributed by atoms with Crippen LogP contribution in [0.4, 0.5) is 18.9 Å². The number of benzene rings is 2. The van der Waals surface area contributed by atoms with Crippen molar-refractivity contribution in [3.8, 4) is 0 Å². The van der Waals surface area contributed by atoms with Crippen LogP contribution in [-0.2, 0) is 10.0 Å². The lowest BCUT2D eigenvalue weighted by molar-refractivity contribution is 0.0521. The van der Waals surface area contributed by atoms with Crippen molar-refractivity contribution < 1.29 is 31.5 Å². The molecule has 0 saturated carbocycles. The predicted octanol–water partition coefficient (Wildman–Crippen LogP) is 3.79. The highest BCUT2D eigenvalue weighted by Crippen LogP contribution is 2.30. The molecule has 0 aliphatic carbocycles. The number of sulfonamides is 1. The van der Waals surface area contributed by atoms with E-state index in [9.17, 15) is 31.5 Å². The second-order valence-corrected chi connectivity index (χ2v) is 9.55. The summed E-state index contributed by atoms with van der Waals surface area (Å²) in [6.45, 7) is 2.06. The van der Waals surface area contributed by atoms with Gasteiger partial charge >= 0.3 is 0 Å². The summed E-state index contributed by atoms with van der Waals surface area (Å²) in [6, 6.07) is 4.75. The minimum Gasteiger partial charge on any atom is -0.393 e. The Morgan fingerprint density at radius 3 is 2.48 bits per heavy atom. The fourth-order valence-corrected chi connectivity index (χ4v) is 5.43. The van der Waals surface area contributed by atoms with Gasteiger partial charge in [-0.2, -0.15) is 4.31 Å². The Labute approximate surface area is 182 Å². The smallest absolute Gasteiger partial charge is 0.255 e. The minimum atomic E-state index is -4.07. The van der Waals surface area contributed by atoms with Gasteiger partial charge in [-0.3, -0.25) is 4.79 Å². The van der Waals surface area contributed by atoms with Crippen molar-refractivity contribution in [1.29, 1.82) is 0 Å². The molecular formula is C20H20ClF3N2O4S. The van der Waals surface area contributed by atoms with Crippen LogP contribution in [0.2, 0.25) is 5.02 Å². The first-order chi connectivity index (χ1) is 14.5. The predicted molar refractivity (Wildman–Crippen MR) is 109 cm³/mol. The molecule has 0 spiro atoms. The standard InChI is InChI=1S/C20H20ClF3N2O4S/c1-2-11-10-26(6-5-17(11)27)31(29,30)18-7-12(3-4-14(18)21)20(28)25-13-8-15(22)19(24)16(23)9-13/h3-4,7-9,11,17,27H,2,5-6,10H2,1H3,(H,25,28). The number of amides is 1. The molecule has 0 bridgehead atoms. The first-order valence-corrected chi connectivity index (χ1v) is 11.3. The van der Waals surface area contributed by atoms with E-state index in [1.54, 1.807) is 0 Å². The van der Waals surface area contributed by atoms with Crippen LogP contribution in [0.25, 0.3) is 0 Å². The van der Waals surface area contributed by atoms with Crippen molar-refractivity contribution in [2.45, 2.75) is 30.8 Å². The van der Waals surface area contributed by atoms with Crippen LogP contribution in [0, 0.1) is 23.4 Å². The summed E-state index contributed by atoms with van der Waals surface area (Å²) >= 11 is 6.09. The van der Waals surface area contributed by atoms with E-state index in [0.717, 1.165) is 6.07 Å². The Morgan fingerprint density at radius 2 is 1.87 bits per heavy atom. The summed E-state index contributed by atoms with van der Waals surface area (Å²) in [5, 5.41) is 12.1. The lowest BCUT2D eigenvalue weighted by Crippen LogP contribution is -2.45. The second-order valence-electron chi connectivity index (χ2n) is 7.24. The summed E-state index contributed by atoms with van der Waals surface area (Å²) in [5.41, 5.74) is -0.464. The monoisotopic (exact) mass is 476 g/mol. The van der Waals surface area contributed by atoms with Crippen molar-refractivity contribution in [1.82, 2.24) is 4.31 Å². The molecular weight excluding hydrogens is 457 g/mol. The zero-order chi connectivity index (χ0) is 22.9. The Balaban J connectivity index is 1.88. The van der Waals surface area contributed by atoms with E-state index in [1.807, 2.05) is 6.92 Å². The maximum Gasteiger partial charge on any atom is 0.255 e. The normalized spacial score (nSPS) is 19.9. The van der Waals surface area contributed by atoms with Gasteiger partial charge < -0.3 is 10.4 Å². The fourth-order valence-electron chi connectivity index (χ4n) is 3.42. The van der Waals surface area contributed by atoms with Gasteiger partial charge in [-0.1, -0.05) is 18.5 Å². The lowest BCUT2D eigenvalue weighted by atomic mass is 9.94. The number of nitrogens with one attached hydrogen (secondary N) is 1. The number of rotatable bonds is 5. The quantitative estimate of drug-likeness (QED) is 0.643. The maximum atomic E-state index is 13.4. The number of hydrogen-bond acceptors (Lipinski definition) is 4. The Bertz CT molecular complexity index is 1090. The number of aliphatic hydroxyl groups is 1. The van der Waals surface area contributed by atoms with Gasteiger partial charge in [0.1, 0.15) is 4.90 Å². The molecule has 168 valence electrons. The van der Waals surface area contributed by atoms with Crippen LogP contribution in [0.3, 0.4) is 0 Å². The third-order valence-corrected chi connectivity index (χ3v) is 7.58. The average molecular weight is 477 g/mol. The largest absolute Gasteiger partial charge is 0.393 e. The number of aliphatic hydroxyl groups excluding tert-OH is 1. The molecule has 2 unspecified atom stereocenters. The highest BCUT2D eigenvalue weighted by molar-refractivity contribution is 7.89. The minimum absolute atomic E-state index is 0.0981. The van der Waals surface area contributed by atoms with Crippen LogP contribution in [0.5, 0.6) is 0 Å². The van der Waals surface area contributed by atoms with Crippen LogP contribution in [0.1, 0.15) is 30.1 Å². The van der Waals surface area contributed by atoms with Crippen molar-refractivity contribution in [3.05, 3.63) is 58.4 Å². The number of nitrogens with zero attached hydrogens (tertiary/aromatic N) is 1. The van der Waals surface area contributed by atoms with Gasteiger partial charge in [-0.15, -0.1) is 0 Å². The van der Waals surface area contributed by atoms with Gasteiger partial charge in [0.25, 0.3) is 5.91 Å². The number of piperidine rings is 1. The molecule has 6 nitrogen and oxygen atoms in total. The highest BCUT2D eigenvalue weighted by Gasteiger charge is 2.35. The first kappa shape index (κ1) is 23.5. The number of halogens is 4. The Hall–Kier alpha value is -2.14. The number of carbonyl (C=O) groups excluding carboxylic acids is 1. The Kier molecular flexibility index (Phi) is 6.95. The SMILES string of the molecule is CCC1CN(S(=O)(=O)c2cc(C(=O)Nc3cc(F)c(F)c(F)c3)ccc2Cl)CCC1O. The first-order valence-electron chi connectivity index (χ1n) is 9.48. The van der Waals surface area contributed by atoms with E-state index in [-0.39, 0.29) is 46.6 Å². The van der Waals surface area contributed by atoms with Crippen LogP contribution < -0.4 is 5.32 Å². The summed E-state index contributed by atoms with van der Waals surface area (Å²) in [4.78, 5) is 12.2. The molecule has 3 rings (SSSR count). The average Bonchev–Trinajstić information content (AvgIpc) is 2.72. The van der Waals surface area contributed by atoms with Crippen LogP contribution in [-0.4, -0.2) is 42.9 Å². The fraction of sp³-hybridized carbons (Fsp3) is 0.350. The van der Waals surface area contributed by atoms with Crippen molar-refractivity contribution in [2.24, 2.45) is 5.92 Å². The van der Waals surface area contributed by atoms with E-state index >= 15 is 0 Å². The molecule has 1 aliphatic heterocycles. The number of hydrogen-bond donors (Lipinski definition) is 2. The summed E-state index contributed by atoms with van der Waals surface area (Å²) in [5.74, 6) is -5.72. The lowest BCUT2D eigenvalue weighted by Gasteiger charge is -2.35. The molecule has 1 heterocycles. The molecule has 1 saturated heterocycles. The summed E-state index contributed by atoms with van der Waals surface area (Å²) in [7, 11) is -4.07. The van der Waals surface area contributed by atoms with Gasteiger partial charge in [-0.05, 0) is 37.0 Å². The third-order valence-electron chi connectivity index (χ3n) is 5.23. The van der Waals surface area contributed by atoms with Crippen LogP contribution >= 0.6 is 11.6 Å². The molecule has 2 N–H and O–H groups in total. The van der Waals surface area contributed by atoms with E-state index in [1.165, 1.54) is 16.4 Å². The molecule has 2 aromatic rings. The Morgan fingerprint density at radius 1 is 1.23 bits per heavy atom. The zero-order valence-corrected chi connectivity index (χ0v) is 18.0. The van der Waals surface area contributed by atoms with E-state index < -0.39 is 39.5 Å². The van der Waals surface area contributed by atoms with E-state index in [0.29, 0.717) is 18.6 Å². The number of anilines is 1. The molecule has 1 fully saturated rings. The molecule has 1 aliphatic rings. The van der Waals surface area contributed by atoms with Gasteiger partial charge in [-0.25, -0.2) is 21.6 Å². The van der Waals surface area contributed by atoms with E-state index in [4.69, 9.17) is 11.6 Å². The van der Waals surface area contributed by atoms with Gasteiger partial charge in [0.15, 0.2) is 17.5 Å². The molecule has 0 aromatic heterocycles. The zero-order valence-electron chi connectivity index (χ0n) is 16.4. The molecule has 11 heteroatoms. The summed E-state index contributed by atoms with van der Waals surface area (Å²) in [6.07, 6.45) is 0.270. The third kappa shape index (κ3) is 4.87. The number of carbonyl (C=O) groups is 1. The molecule has 1 amide bonds. The molecule has 0 radical (unpaired) electrons. The summed E-state index contributed by atoms with van der Waals surface area (Å²) < 4.78 is 67.3. The van der Waals surface area contributed by atoms with Crippen molar-refractivity contribution >= 4 is 33.2 Å². The van der Waals surface area contributed by atoms with Gasteiger partial charge in [0.05, 0.1) is 11.1 Å². The van der Waals surface area contributed by atoms with Crippen molar-refractivity contribution in [3.63, 3.8) is 0 Å². The van der Waals surface area contributed by atoms with Gasteiger partial charge in [0.2, 0.25) is 10.0 Å². The molecule has 2 aromatic carbocycles. The molecule has 2 atom stereocenters. The maximum absolute atomic E-state index is 13.4.